The van der Waals surface area contributed by atoms with Crippen LogP contribution in [0.4, 0.5) is 0 Å². The summed E-state index contributed by atoms with van der Waals surface area (Å²) in [5.74, 6) is 0.0781. The molecule has 1 amide bonds. The lowest BCUT2D eigenvalue weighted by atomic mass is 9.88. The largest absolute Gasteiger partial charge is 0.351 e. The summed E-state index contributed by atoms with van der Waals surface area (Å²) in [5, 5.41) is 2.98. The Labute approximate surface area is 107 Å². The van der Waals surface area contributed by atoms with E-state index in [4.69, 9.17) is 5.73 Å². The number of carbonyl (C=O) groups excluding carboxylic acids is 1. The number of aryl methyl sites for hydroxylation is 1. The minimum Gasteiger partial charge on any atom is -0.351 e. The Bertz CT molecular complexity index is 371. The Morgan fingerprint density at radius 2 is 2.06 bits per heavy atom. The van der Waals surface area contributed by atoms with Gasteiger partial charge in [-0.25, -0.2) is 0 Å². The van der Waals surface area contributed by atoms with Crippen molar-refractivity contribution in [3.63, 3.8) is 0 Å². The van der Waals surface area contributed by atoms with Gasteiger partial charge in [-0.05, 0) is 31.5 Å². The van der Waals surface area contributed by atoms with E-state index in [0.29, 0.717) is 19.5 Å². The summed E-state index contributed by atoms with van der Waals surface area (Å²) >= 11 is 1.76. The SMILES string of the molecule is CCc1ccc(CNC(=O)C(C)(C)CCN)s1. The molecule has 0 saturated carbocycles. The van der Waals surface area contributed by atoms with Crippen molar-refractivity contribution in [1.82, 2.24) is 5.32 Å². The number of hydrogen-bond donors (Lipinski definition) is 2. The molecule has 3 N–H and O–H groups in total. The van der Waals surface area contributed by atoms with Crippen LogP contribution in [0.15, 0.2) is 12.1 Å². The minimum atomic E-state index is -0.375. The molecule has 4 heteroatoms. The fourth-order valence-electron chi connectivity index (χ4n) is 1.59. The Balaban J connectivity index is 2.47. The highest BCUT2D eigenvalue weighted by Crippen LogP contribution is 2.21. The van der Waals surface area contributed by atoms with Gasteiger partial charge in [0.2, 0.25) is 5.91 Å². The number of carbonyl (C=O) groups is 1. The second-order valence-corrected chi connectivity index (χ2v) is 6.08. The zero-order valence-corrected chi connectivity index (χ0v) is 11.7. The first kappa shape index (κ1) is 14.2. The summed E-state index contributed by atoms with van der Waals surface area (Å²) in [6, 6.07) is 4.21. The maximum atomic E-state index is 11.9. The van der Waals surface area contributed by atoms with Crippen molar-refractivity contribution < 1.29 is 4.79 Å². The first-order valence-electron chi connectivity index (χ1n) is 6.05. The number of nitrogens with two attached hydrogens (primary N) is 1. The van der Waals surface area contributed by atoms with Crippen molar-refractivity contribution >= 4 is 17.2 Å². The van der Waals surface area contributed by atoms with E-state index in [1.54, 1.807) is 11.3 Å². The van der Waals surface area contributed by atoms with Gasteiger partial charge in [0.05, 0.1) is 6.54 Å². The van der Waals surface area contributed by atoms with Crippen molar-refractivity contribution in [2.45, 2.75) is 40.2 Å². The molecule has 96 valence electrons. The fraction of sp³-hybridized carbons (Fsp3) is 0.615. The van der Waals surface area contributed by atoms with Crippen LogP contribution in [0.5, 0.6) is 0 Å². The van der Waals surface area contributed by atoms with Crippen LogP contribution < -0.4 is 11.1 Å². The molecular weight excluding hydrogens is 232 g/mol. The number of hydrogen-bond acceptors (Lipinski definition) is 3. The van der Waals surface area contributed by atoms with Crippen LogP contribution in [-0.2, 0) is 17.8 Å². The van der Waals surface area contributed by atoms with Crippen molar-refractivity contribution in [3.8, 4) is 0 Å². The van der Waals surface area contributed by atoms with E-state index in [9.17, 15) is 4.79 Å². The van der Waals surface area contributed by atoms with E-state index in [2.05, 4.69) is 24.4 Å². The third kappa shape index (κ3) is 4.13. The molecule has 1 rings (SSSR count). The van der Waals surface area contributed by atoms with Crippen LogP contribution >= 0.6 is 11.3 Å². The first-order valence-corrected chi connectivity index (χ1v) is 6.87. The van der Waals surface area contributed by atoms with Crippen molar-refractivity contribution in [1.29, 1.82) is 0 Å². The van der Waals surface area contributed by atoms with Crippen molar-refractivity contribution in [2.75, 3.05) is 6.54 Å². The molecule has 1 heterocycles. The highest BCUT2D eigenvalue weighted by Gasteiger charge is 2.26. The van der Waals surface area contributed by atoms with Gasteiger partial charge in [-0.3, -0.25) is 4.79 Å². The molecule has 1 aromatic heterocycles. The normalized spacial score (nSPS) is 11.5. The van der Waals surface area contributed by atoms with E-state index in [1.165, 1.54) is 9.75 Å². The number of nitrogens with one attached hydrogen (secondary N) is 1. The topological polar surface area (TPSA) is 55.1 Å². The number of thiophene rings is 1. The smallest absolute Gasteiger partial charge is 0.225 e. The van der Waals surface area contributed by atoms with Crippen molar-refractivity contribution in [2.24, 2.45) is 11.1 Å². The van der Waals surface area contributed by atoms with E-state index in [-0.39, 0.29) is 11.3 Å². The molecule has 17 heavy (non-hydrogen) atoms. The average Bonchev–Trinajstić information content (AvgIpc) is 2.73. The average molecular weight is 254 g/mol. The lowest BCUT2D eigenvalue weighted by Gasteiger charge is -2.22. The lowest BCUT2D eigenvalue weighted by Crippen LogP contribution is -2.37. The van der Waals surface area contributed by atoms with Gasteiger partial charge < -0.3 is 11.1 Å². The molecule has 0 fully saturated rings. The van der Waals surface area contributed by atoms with Crippen LogP contribution in [-0.4, -0.2) is 12.5 Å². The maximum absolute atomic E-state index is 11.9. The molecule has 0 spiro atoms. The third-order valence-corrected chi connectivity index (χ3v) is 4.10. The molecule has 0 radical (unpaired) electrons. The Morgan fingerprint density at radius 3 is 2.59 bits per heavy atom. The highest BCUT2D eigenvalue weighted by atomic mass is 32.1. The maximum Gasteiger partial charge on any atom is 0.225 e. The second-order valence-electron chi connectivity index (χ2n) is 4.83. The molecule has 0 saturated heterocycles. The molecule has 0 aliphatic heterocycles. The van der Waals surface area contributed by atoms with Gasteiger partial charge in [-0.1, -0.05) is 20.8 Å². The zero-order valence-electron chi connectivity index (χ0n) is 10.9. The summed E-state index contributed by atoms with van der Waals surface area (Å²) in [4.78, 5) is 14.5. The van der Waals surface area contributed by atoms with E-state index in [0.717, 1.165) is 6.42 Å². The number of amides is 1. The molecule has 3 nitrogen and oxygen atoms in total. The summed E-state index contributed by atoms with van der Waals surface area (Å²) in [6.45, 7) is 7.16. The molecule has 0 aliphatic carbocycles. The molecular formula is C13H22N2OS. The summed E-state index contributed by atoms with van der Waals surface area (Å²) in [7, 11) is 0. The molecule has 0 aromatic carbocycles. The van der Waals surface area contributed by atoms with Gasteiger partial charge >= 0.3 is 0 Å². The van der Waals surface area contributed by atoms with Gasteiger partial charge in [0, 0.05) is 15.2 Å². The predicted octanol–water partition coefficient (Wildman–Crippen LogP) is 2.30. The molecule has 1 aromatic rings. The molecule has 0 aliphatic rings. The Kier molecular flexibility index (Phi) is 5.15. The minimum absolute atomic E-state index is 0.0781. The third-order valence-electron chi connectivity index (χ3n) is 2.87. The van der Waals surface area contributed by atoms with Gasteiger partial charge in [0.1, 0.15) is 0 Å². The summed E-state index contributed by atoms with van der Waals surface area (Å²) in [5.41, 5.74) is 5.13. The van der Waals surface area contributed by atoms with Crippen LogP contribution in [0.25, 0.3) is 0 Å². The van der Waals surface area contributed by atoms with Crippen LogP contribution in [0, 0.1) is 5.41 Å². The van der Waals surface area contributed by atoms with Crippen molar-refractivity contribution in [3.05, 3.63) is 21.9 Å². The number of rotatable bonds is 6. The quantitative estimate of drug-likeness (QED) is 0.818. The fourth-order valence-corrected chi connectivity index (χ4v) is 2.49. The van der Waals surface area contributed by atoms with Crippen LogP contribution in [0.3, 0.4) is 0 Å². The van der Waals surface area contributed by atoms with Gasteiger partial charge in [-0.15, -0.1) is 11.3 Å². The van der Waals surface area contributed by atoms with E-state index in [1.807, 2.05) is 13.8 Å². The highest BCUT2D eigenvalue weighted by molar-refractivity contribution is 7.11. The van der Waals surface area contributed by atoms with Gasteiger partial charge in [0.15, 0.2) is 0 Å². The Morgan fingerprint density at radius 1 is 1.41 bits per heavy atom. The Hall–Kier alpha value is -0.870. The standard InChI is InChI=1S/C13H22N2OS/c1-4-10-5-6-11(17-10)9-15-12(16)13(2,3)7-8-14/h5-6H,4,7-9,14H2,1-3H3,(H,15,16). The predicted molar refractivity (Wildman–Crippen MR) is 73.0 cm³/mol. The van der Waals surface area contributed by atoms with Gasteiger partial charge in [-0.2, -0.15) is 0 Å². The summed E-state index contributed by atoms with van der Waals surface area (Å²) in [6.07, 6.45) is 1.76. The summed E-state index contributed by atoms with van der Waals surface area (Å²) < 4.78 is 0. The molecule has 0 unspecified atom stereocenters. The van der Waals surface area contributed by atoms with Crippen LogP contribution in [0.2, 0.25) is 0 Å². The molecule has 0 bridgehead atoms. The molecule has 0 atom stereocenters. The van der Waals surface area contributed by atoms with Crippen LogP contribution in [0.1, 0.15) is 36.9 Å². The zero-order chi connectivity index (χ0) is 12.9. The second kappa shape index (κ2) is 6.17. The van der Waals surface area contributed by atoms with Gasteiger partial charge in [0.25, 0.3) is 0 Å². The monoisotopic (exact) mass is 254 g/mol. The van der Waals surface area contributed by atoms with E-state index >= 15 is 0 Å². The van der Waals surface area contributed by atoms with E-state index < -0.39 is 0 Å². The first-order chi connectivity index (χ1) is 7.99. The lowest BCUT2D eigenvalue weighted by molar-refractivity contribution is -0.129.